The molecule has 1 saturated carbocycles. The lowest BCUT2D eigenvalue weighted by atomic mass is 10.1. The summed E-state index contributed by atoms with van der Waals surface area (Å²) in [5.74, 6) is -0.354. The van der Waals surface area contributed by atoms with Crippen LogP contribution < -0.4 is 10.6 Å². The lowest BCUT2D eigenvalue weighted by molar-refractivity contribution is -0.117. The molecule has 146 valence electrons. The summed E-state index contributed by atoms with van der Waals surface area (Å²) in [5.41, 5.74) is 2.15. The molecule has 8 nitrogen and oxygen atoms in total. The Morgan fingerprint density at radius 3 is 2.75 bits per heavy atom. The van der Waals surface area contributed by atoms with Crippen LogP contribution in [-0.4, -0.2) is 43.3 Å². The molecule has 0 radical (unpaired) electrons. The van der Waals surface area contributed by atoms with E-state index in [1.165, 1.54) is 0 Å². The number of carbonyl (C=O) groups is 2. The number of nitrogens with zero attached hydrogens (tertiary/aromatic N) is 2. The van der Waals surface area contributed by atoms with E-state index >= 15 is 0 Å². The van der Waals surface area contributed by atoms with Crippen molar-refractivity contribution in [2.45, 2.75) is 19.8 Å². The molecule has 1 aliphatic carbocycles. The molecule has 0 unspecified atom stereocenters. The maximum absolute atomic E-state index is 12.8. The summed E-state index contributed by atoms with van der Waals surface area (Å²) in [6.07, 6.45) is 6.74. The number of aryl methyl sites for hydroxylation is 1. The number of anilines is 2. The Kier molecular flexibility index (Phi) is 4.54. The predicted octanol–water partition coefficient (Wildman–Crippen LogP) is 1.78. The number of amides is 2. The van der Waals surface area contributed by atoms with Crippen LogP contribution in [0.5, 0.6) is 0 Å². The van der Waals surface area contributed by atoms with E-state index in [-0.39, 0.29) is 35.5 Å². The van der Waals surface area contributed by atoms with Gasteiger partial charge in [0.2, 0.25) is 5.91 Å². The molecule has 28 heavy (non-hydrogen) atoms. The van der Waals surface area contributed by atoms with Gasteiger partial charge in [0.1, 0.15) is 0 Å². The third kappa shape index (κ3) is 3.84. The Hall–Kier alpha value is -2.94. The monoisotopic (exact) mass is 400 g/mol. The third-order valence-corrected chi connectivity index (χ3v) is 5.95. The first kappa shape index (κ1) is 18.4. The van der Waals surface area contributed by atoms with Crippen molar-refractivity contribution >= 4 is 39.0 Å². The molecule has 3 aliphatic rings. The van der Waals surface area contributed by atoms with Gasteiger partial charge in [-0.1, -0.05) is 6.07 Å². The van der Waals surface area contributed by atoms with Gasteiger partial charge in [0.15, 0.2) is 5.84 Å². The molecule has 1 aromatic rings. The second kappa shape index (κ2) is 6.90. The maximum atomic E-state index is 12.8. The first-order valence-corrected chi connectivity index (χ1v) is 10.6. The molecule has 0 bridgehead atoms. The Morgan fingerprint density at radius 2 is 2.00 bits per heavy atom. The van der Waals surface area contributed by atoms with E-state index in [1.807, 2.05) is 13.0 Å². The number of amidine groups is 1. The summed E-state index contributed by atoms with van der Waals surface area (Å²) < 4.78 is 27.5. The molecular weight excluding hydrogens is 380 g/mol. The van der Waals surface area contributed by atoms with Crippen LogP contribution in [0.4, 0.5) is 11.4 Å². The molecule has 1 aromatic carbocycles. The Balaban J connectivity index is 1.56. The number of nitrogens with one attached hydrogen (secondary N) is 2. The molecule has 0 spiro atoms. The smallest absolute Gasteiger partial charge is 0.259 e. The summed E-state index contributed by atoms with van der Waals surface area (Å²) in [4.78, 5) is 26.4. The molecule has 4 rings (SSSR count). The highest BCUT2D eigenvalue weighted by Crippen LogP contribution is 2.31. The Morgan fingerprint density at radius 1 is 1.21 bits per heavy atom. The number of carbonyl (C=O) groups excluding carboxylic acids is 2. The first-order valence-electron chi connectivity index (χ1n) is 9.03. The second-order valence-electron chi connectivity index (χ2n) is 7.06. The van der Waals surface area contributed by atoms with Gasteiger partial charge in [-0.3, -0.25) is 9.59 Å². The summed E-state index contributed by atoms with van der Waals surface area (Å²) in [5, 5.41) is 5.66. The molecule has 2 N–H and O–H groups in total. The quantitative estimate of drug-likeness (QED) is 0.801. The molecule has 1 fully saturated rings. The maximum Gasteiger partial charge on any atom is 0.259 e. The van der Waals surface area contributed by atoms with Gasteiger partial charge in [-0.2, -0.15) is 0 Å². The van der Waals surface area contributed by atoms with Crippen LogP contribution in [0.25, 0.3) is 0 Å². The minimum absolute atomic E-state index is 0.0151. The van der Waals surface area contributed by atoms with Gasteiger partial charge in [-0.25, -0.2) is 8.42 Å². The van der Waals surface area contributed by atoms with Gasteiger partial charge in [0.05, 0.1) is 11.3 Å². The fourth-order valence-electron chi connectivity index (χ4n) is 3.01. The molecule has 2 aliphatic heterocycles. The van der Waals surface area contributed by atoms with Gasteiger partial charge < -0.3 is 15.5 Å². The van der Waals surface area contributed by atoms with Crippen LogP contribution in [0.2, 0.25) is 0 Å². The van der Waals surface area contributed by atoms with E-state index in [0.29, 0.717) is 11.4 Å². The van der Waals surface area contributed by atoms with Crippen LogP contribution in [0.3, 0.4) is 0 Å². The van der Waals surface area contributed by atoms with E-state index < -0.39 is 15.9 Å². The summed E-state index contributed by atoms with van der Waals surface area (Å²) in [6.45, 7) is 2.09. The fraction of sp³-hybridized carbons (Fsp3) is 0.316. The van der Waals surface area contributed by atoms with Crippen molar-refractivity contribution in [3.8, 4) is 0 Å². The Bertz CT molecular complexity index is 1050. The number of benzene rings is 1. The van der Waals surface area contributed by atoms with Crippen molar-refractivity contribution in [2.24, 2.45) is 10.3 Å². The average molecular weight is 400 g/mol. The van der Waals surface area contributed by atoms with Crippen molar-refractivity contribution in [3.63, 3.8) is 0 Å². The number of rotatable bonds is 4. The molecule has 9 heteroatoms. The van der Waals surface area contributed by atoms with Gasteiger partial charge in [0, 0.05) is 30.0 Å². The number of hydrogen-bond donors (Lipinski definition) is 2. The van der Waals surface area contributed by atoms with Crippen molar-refractivity contribution in [1.82, 2.24) is 4.90 Å². The van der Waals surface area contributed by atoms with Crippen LogP contribution in [0, 0.1) is 12.8 Å². The van der Waals surface area contributed by atoms with E-state index in [2.05, 4.69) is 15.0 Å². The zero-order chi connectivity index (χ0) is 19.9. The van der Waals surface area contributed by atoms with Crippen molar-refractivity contribution in [3.05, 3.63) is 47.7 Å². The highest BCUT2D eigenvalue weighted by atomic mass is 32.2. The summed E-state index contributed by atoms with van der Waals surface area (Å²) in [6, 6.07) is 5.29. The lowest BCUT2D eigenvalue weighted by Gasteiger charge is -2.28. The second-order valence-corrected chi connectivity index (χ2v) is 8.82. The van der Waals surface area contributed by atoms with Crippen LogP contribution in [-0.2, 0) is 19.6 Å². The van der Waals surface area contributed by atoms with Crippen LogP contribution in [0.1, 0.15) is 18.4 Å². The number of allylic oxidation sites excluding steroid dienone is 2. The van der Waals surface area contributed by atoms with Crippen LogP contribution >= 0.6 is 0 Å². The fourth-order valence-corrected chi connectivity index (χ4v) is 3.99. The number of fused-ring (bicyclic) bond motifs is 1. The number of sulfonamides is 1. The van der Waals surface area contributed by atoms with Gasteiger partial charge in [-0.05, 0) is 49.6 Å². The highest BCUT2D eigenvalue weighted by Gasteiger charge is 2.31. The summed E-state index contributed by atoms with van der Waals surface area (Å²) in [7, 11) is -3.58. The minimum atomic E-state index is -3.58. The van der Waals surface area contributed by atoms with E-state index in [4.69, 9.17) is 0 Å². The van der Waals surface area contributed by atoms with E-state index in [9.17, 15) is 18.0 Å². The first-order chi connectivity index (χ1) is 13.3. The van der Waals surface area contributed by atoms with Crippen molar-refractivity contribution in [2.75, 3.05) is 22.9 Å². The topological polar surface area (TPSA) is 108 Å². The van der Waals surface area contributed by atoms with Crippen molar-refractivity contribution in [1.29, 1.82) is 0 Å². The molecular formula is C19H20N4O4S. The zero-order valence-electron chi connectivity index (χ0n) is 15.3. The number of hydrogen-bond acceptors (Lipinski definition) is 5. The van der Waals surface area contributed by atoms with Crippen molar-refractivity contribution < 1.29 is 18.0 Å². The molecule has 2 heterocycles. The average Bonchev–Trinajstić information content (AvgIpc) is 3.48. The zero-order valence-corrected chi connectivity index (χ0v) is 16.1. The standard InChI is InChI=1S/C19H20N4O4S/c1-12-4-7-14(20-18(24)13-5-6-13)11-16(12)21-19(25)15-3-2-8-23-9-10-28(26,27)22-17(15)23/h2-4,7-8,11,13H,5-6,9-10H2,1H3,(H,20,24)(H,21,25). The normalized spacial score (nSPS) is 20.0. The SMILES string of the molecule is Cc1ccc(NC(=O)C2CC2)cc1NC(=O)C1=CC=CN2CCS(=O)(=O)N=C12. The minimum Gasteiger partial charge on any atom is -0.331 e. The predicted molar refractivity (Wildman–Crippen MR) is 106 cm³/mol. The third-order valence-electron chi connectivity index (χ3n) is 4.80. The summed E-state index contributed by atoms with van der Waals surface area (Å²) >= 11 is 0. The Labute approximate surface area is 163 Å². The largest absolute Gasteiger partial charge is 0.331 e. The molecule has 0 aromatic heterocycles. The van der Waals surface area contributed by atoms with Crippen LogP contribution in [0.15, 0.2) is 46.5 Å². The highest BCUT2D eigenvalue weighted by molar-refractivity contribution is 7.90. The molecule has 0 saturated heterocycles. The van der Waals surface area contributed by atoms with E-state index in [1.54, 1.807) is 35.4 Å². The van der Waals surface area contributed by atoms with Gasteiger partial charge >= 0.3 is 0 Å². The van der Waals surface area contributed by atoms with E-state index in [0.717, 1.165) is 18.4 Å². The molecule has 2 amide bonds. The van der Waals surface area contributed by atoms with Gasteiger partial charge in [0.25, 0.3) is 15.9 Å². The lowest BCUT2D eigenvalue weighted by Crippen LogP contribution is -2.40. The molecule has 0 atom stereocenters. The van der Waals surface area contributed by atoms with Gasteiger partial charge in [-0.15, -0.1) is 4.40 Å².